The number of rotatable bonds is 4. The number of amides is 1. The molecule has 0 atom stereocenters. The highest BCUT2D eigenvalue weighted by Gasteiger charge is 2.29. The fourth-order valence-electron chi connectivity index (χ4n) is 3.49. The van der Waals surface area contributed by atoms with E-state index >= 15 is 0 Å². The summed E-state index contributed by atoms with van der Waals surface area (Å²) in [5, 5.41) is 0. The Kier molecular flexibility index (Phi) is 5.17. The number of likely N-dealkylation sites (tertiary alicyclic amines) is 1. The highest BCUT2D eigenvalue weighted by atomic mass is 32.1. The summed E-state index contributed by atoms with van der Waals surface area (Å²) in [6, 6.07) is 8.38. The van der Waals surface area contributed by atoms with Crippen LogP contribution < -0.4 is 0 Å². The quantitative estimate of drug-likeness (QED) is 0.629. The van der Waals surface area contributed by atoms with E-state index in [-0.39, 0.29) is 17.8 Å². The van der Waals surface area contributed by atoms with Crippen molar-refractivity contribution in [3.8, 4) is 10.4 Å². The highest BCUT2D eigenvalue weighted by molar-refractivity contribution is 7.20. The predicted molar refractivity (Wildman–Crippen MR) is 109 cm³/mol. The van der Waals surface area contributed by atoms with E-state index in [1.807, 2.05) is 17.5 Å². The fourth-order valence-corrected chi connectivity index (χ4v) is 4.46. The van der Waals surface area contributed by atoms with Crippen molar-refractivity contribution in [2.75, 3.05) is 19.7 Å². The number of thiazole rings is 1. The topological polar surface area (TPSA) is 63.9 Å². The van der Waals surface area contributed by atoms with Crippen LogP contribution in [-0.2, 0) is 9.53 Å². The number of carbonyl (C=O) groups excluding carboxylic acids is 2. The van der Waals surface area contributed by atoms with Crippen LogP contribution >= 0.6 is 11.3 Å². The third-order valence-corrected chi connectivity index (χ3v) is 6.16. The van der Waals surface area contributed by atoms with E-state index in [4.69, 9.17) is 4.74 Å². The molecule has 7 heteroatoms. The van der Waals surface area contributed by atoms with Crippen molar-refractivity contribution in [1.29, 1.82) is 0 Å². The van der Waals surface area contributed by atoms with Gasteiger partial charge in [0.25, 0.3) is 5.91 Å². The van der Waals surface area contributed by atoms with Gasteiger partial charge in [0.2, 0.25) is 0 Å². The van der Waals surface area contributed by atoms with Gasteiger partial charge in [0.05, 0.1) is 17.4 Å². The Labute approximate surface area is 167 Å². The Balaban J connectivity index is 1.45. The third-order valence-electron chi connectivity index (χ3n) is 5.11. The van der Waals surface area contributed by atoms with Crippen molar-refractivity contribution in [3.05, 3.63) is 47.9 Å². The number of esters is 1. The number of hydrogen-bond acceptors (Lipinski definition) is 5. The zero-order chi connectivity index (χ0) is 19.7. The average molecular weight is 398 g/mol. The van der Waals surface area contributed by atoms with Crippen molar-refractivity contribution in [3.63, 3.8) is 0 Å². The maximum absolute atomic E-state index is 12.8. The predicted octanol–water partition coefficient (Wildman–Crippen LogP) is 3.79. The Hall–Kier alpha value is -2.67. The molecule has 0 spiro atoms. The molecule has 1 saturated heterocycles. The zero-order valence-corrected chi connectivity index (χ0v) is 16.9. The molecular weight excluding hydrogens is 374 g/mol. The van der Waals surface area contributed by atoms with Crippen LogP contribution in [0.4, 0.5) is 0 Å². The zero-order valence-electron chi connectivity index (χ0n) is 16.1. The monoisotopic (exact) mass is 397 g/mol. The number of benzene rings is 1. The minimum absolute atomic E-state index is 0.0740. The van der Waals surface area contributed by atoms with Gasteiger partial charge in [-0.1, -0.05) is 41.2 Å². The van der Waals surface area contributed by atoms with Gasteiger partial charge in [-0.05, 0) is 32.3 Å². The first-order valence-corrected chi connectivity index (χ1v) is 10.4. The van der Waals surface area contributed by atoms with Crippen molar-refractivity contribution in [2.45, 2.75) is 26.7 Å². The largest absolute Gasteiger partial charge is 0.466 e. The van der Waals surface area contributed by atoms with E-state index in [9.17, 15) is 9.59 Å². The number of carbonyl (C=O) groups is 2. The van der Waals surface area contributed by atoms with Crippen LogP contribution in [0.15, 0.2) is 36.7 Å². The molecule has 0 bridgehead atoms. The van der Waals surface area contributed by atoms with Crippen LogP contribution in [0.3, 0.4) is 0 Å². The molecule has 4 rings (SSSR count). The molecule has 3 heterocycles. The second kappa shape index (κ2) is 7.75. The van der Waals surface area contributed by atoms with E-state index in [0.29, 0.717) is 38.2 Å². The first-order valence-electron chi connectivity index (χ1n) is 9.56. The van der Waals surface area contributed by atoms with Gasteiger partial charge < -0.3 is 9.64 Å². The Morgan fingerprint density at radius 1 is 1.18 bits per heavy atom. The number of imidazole rings is 1. The molecule has 1 fully saturated rings. The standard InChI is InChI=1S/C21H23N3O3S/c1-3-27-20(26)16-8-10-23(11-9-16)19(25)17-12-24-13-18(28-21(24)22-17)15-6-4-14(2)5-7-15/h4-7,12-13,16H,3,8-11H2,1-2H3. The summed E-state index contributed by atoms with van der Waals surface area (Å²) in [4.78, 5) is 32.9. The maximum atomic E-state index is 12.8. The Morgan fingerprint density at radius 2 is 1.89 bits per heavy atom. The minimum atomic E-state index is -0.152. The van der Waals surface area contributed by atoms with Gasteiger partial charge in [0, 0.05) is 25.5 Å². The molecule has 28 heavy (non-hydrogen) atoms. The second-order valence-electron chi connectivity index (χ2n) is 7.10. The molecule has 0 radical (unpaired) electrons. The van der Waals surface area contributed by atoms with Gasteiger partial charge >= 0.3 is 5.97 Å². The smallest absolute Gasteiger partial charge is 0.309 e. The molecule has 0 aliphatic carbocycles. The first-order chi connectivity index (χ1) is 13.5. The summed E-state index contributed by atoms with van der Waals surface area (Å²) in [5.41, 5.74) is 2.83. The average Bonchev–Trinajstić information content (AvgIpc) is 3.27. The van der Waals surface area contributed by atoms with E-state index in [0.717, 1.165) is 15.4 Å². The van der Waals surface area contributed by atoms with Crippen LogP contribution in [0, 0.1) is 12.8 Å². The van der Waals surface area contributed by atoms with E-state index in [1.54, 1.807) is 22.4 Å². The molecule has 0 N–H and O–H groups in total. The summed E-state index contributed by atoms with van der Waals surface area (Å²) in [7, 11) is 0. The van der Waals surface area contributed by atoms with Gasteiger partial charge in [0.15, 0.2) is 4.96 Å². The van der Waals surface area contributed by atoms with E-state index in [2.05, 4.69) is 36.2 Å². The van der Waals surface area contributed by atoms with Crippen LogP contribution in [0.1, 0.15) is 35.8 Å². The van der Waals surface area contributed by atoms with Crippen LogP contribution in [0.2, 0.25) is 0 Å². The van der Waals surface area contributed by atoms with Crippen LogP contribution in [0.5, 0.6) is 0 Å². The van der Waals surface area contributed by atoms with Crippen molar-refractivity contribution in [1.82, 2.24) is 14.3 Å². The molecule has 1 aliphatic heterocycles. The van der Waals surface area contributed by atoms with Gasteiger partial charge in [-0.3, -0.25) is 14.0 Å². The Morgan fingerprint density at radius 3 is 2.54 bits per heavy atom. The minimum Gasteiger partial charge on any atom is -0.466 e. The number of piperidine rings is 1. The van der Waals surface area contributed by atoms with Gasteiger partial charge in [-0.2, -0.15) is 0 Å². The lowest BCUT2D eigenvalue weighted by molar-refractivity contribution is -0.149. The van der Waals surface area contributed by atoms with Crippen molar-refractivity contribution < 1.29 is 14.3 Å². The number of ether oxygens (including phenoxy) is 1. The van der Waals surface area contributed by atoms with E-state index in [1.165, 1.54) is 5.56 Å². The molecule has 146 valence electrons. The van der Waals surface area contributed by atoms with Crippen LogP contribution in [0.25, 0.3) is 15.4 Å². The number of hydrogen-bond donors (Lipinski definition) is 0. The van der Waals surface area contributed by atoms with Gasteiger partial charge in [-0.25, -0.2) is 4.98 Å². The molecular formula is C21H23N3O3S. The maximum Gasteiger partial charge on any atom is 0.309 e. The highest BCUT2D eigenvalue weighted by Crippen LogP contribution is 2.29. The summed E-state index contributed by atoms with van der Waals surface area (Å²) in [6.07, 6.45) is 5.10. The Bertz CT molecular complexity index is 966. The molecule has 6 nitrogen and oxygen atoms in total. The number of nitrogens with zero attached hydrogens (tertiary/aromatic N) is 3. The lowest BCUT2D eigenvalue weighted by atomic mass is 9.97. The summed E-state index contributed by atoms with van der Waals surface area (Å²) in [5.74, 6) is -0.331. The van der Waals surface area contributed by atoms with Gasteiger partial charge in [-0.15, -0.1) is 0 Å². The molecule has 1 amide bonds. The molecule has 1 aliphatic rings. The molecule has 2 aromatic heterocycles. The first kappa shape index (κ1) is 18.7. The number of fused-ring (bicyclic) bond motifs is 1. The summed E-state index contributed by atoms with van der Waals surface area (Å²) in [6.45, 7) is 5.39. The third kappa shape index (κ3) is 3.67. The van der Waals surface area contributed by atoms with E-state index < -0.39 is 0 Å². The molecule has 1 aromatic carbocycles. The SMILES string of the molecule is CCOC(=O)C1CCN(C(=O)c2cn3cc(-c4ccc(C)cc4)sc3n2)CC1. The second-order valence-corrected chi connectivity index (χ2v) is 8.11. The molecule has 0 unspecified atom stereocenters. The van der Waals surface area contributed by atoms with Crippen molar-refractivity contribution >= 4 is 28.2 Å². The lowest BCUT2D eigenvalue weighted by Gasteiger charge is -2.30. The number of aromatic nitrogens is 2. The lowest BCUT2D eigenvalue weighted by Crippen LogP contribution is -2.40. The molecule has 3 aromatic rings. The van der Waals surface area contributed by atoms with Crippen molar-refractivity contribution in [2.24, 2.45) is 5.92 Å². The molecule has 0 saturated carbocycles. The fraction of sp³-hybridized carbons (Fsp3) is 0.381. The normalized spacial score (nSPS) is 15.1. The summed E-state index contributed by atoms with van der Waals surface area (Å²) < 4.78 is 7.00. The van der Waals surface area contributed by atoms with Crippen LogP contribution in [-0.4, -0.2) is 45.9 Å². The van der Waals surface area contributed by atoms with Gasteiger partial charge in [0.1, 0.15) is 5.69 Å². The summed E-state index contributed by atoms with van der Waals surface area (Å²) >= 11 is 1.57. The number of aryl methyl sites for hydroxylation is 1.